The van der Waals surface area contributed by atoms with E-state index in [1.807, 2.05) is 54.7 Å². The first kappa shape index (κ1) is 26.2. The van der Waals surface area contributed by atoms with Crippen molar-refractivity contribution in [3.8, 4) is 45.3 Å². The molecule has 9 rings (SSSR count). The molecule has 0 saturated heterocycles. The van der Waals surface area contributed by atoms with E-state index < -0.39 is 0 Å². The quantitative estimate of drug-likeness (QED) is 0.193. The third-order valence-electron chi connectivity index (χ3n) is 8.71. The average Bonchev–Trinajstić information content (AvgIpc) is 3.14. The number of benzene rings is 6. The van der Waals surface area contributed by atoms with Gasteiger partial charge in [-0.15, -0.1) is 0 Å². The van der Waals surface area contributed by atoms with Crippen molar-refractivity contribution in [3.63, 3.8) is 0 Å². The molecule has 0 spiro atoms. The lowest BCUT2D eigenvalue weighted by Crippen LogP contribution is -1.98. The van der Waals surface area contributed by atoms with Crippen molar-refractivity contribution in [2.75, 3.05) is 0 Å². The van der Waals surface area contributed by atoms with Crippen molar-refractivity contribution in [2.45, 2.75) is 0 Å². The molecule has 0 aliphatic heterocycles. The molecule has 4 heteroatoms. The van der Waals surface area contributed by atoms with Gasteiger partial charge >= 0.3 is 0 Å². The molecule has 0 unspecified atom stereocenters. The maximum atomic E-state index is 5.25. The number of nitrogens with zero attached hydrogens (tertiary/aromatic N) is 4. The van der Waals surface area contributed by atoms with Crippen molar-refractivity contribution in [2.24, 2.45) is 0 Å². The van der Waals surface area contributed by atoms with Crippen LogP contribution in [-0.4, -0.2) is 19.9 Å². The molecular weight excluding hydrogens is 560 g/mol. The molecular formula is C42H26N4. The van der Waals surface area contributed by atoms with Crippen LogP contribution in [-0.2, 0) is 0 Å². The molecule has 0 atom stereocenters. The molecule has 4 nitrogen and oxygen atoms in total. The molecule has 3 heterocycles. The maximum Gasteiger partial charge on any atom is 0.160 e. The zero-order valence-corrected chi connectivity index (χ0v) is 24.8. The third kappa shape index (κ3) is 4.31. The molecule has 0 radical (unpaired) electrons. The summed E-state index contributed by atoms with van der Waals surface area (Å²) in [5.74, 6) is 0.680. The molecule has 0 fully saturated rings. The zero-order valence-electron chi connectivity index (χ0n) is 24.8. The monoisotopic (exact) mass is 586 g/mol. The lowest BCUT2D eigenvalue weighted by Gasteiger charge is -2.15. The first-order valence-corrected chi connectivity index (χ1v) is 15.4. The number of rotatable bonds is 4. The fraction of sp³-hybridized carbons (Fsp3) is 0. The fourth-order valence-corrected chi connectivity index (χ4v) is 6.55. The van der Waals surface area contributed by atoms with Gasteiger partial charge in [0.15, 0.2) is 5.82 Å². The van der Waals surface area contributed by atoms with Crippen LogP contribution in [0.25, 0.3) is 88.5 Å². The van der Waals surface area contributed by atoms with Crippen molar-refractivity contribution < 1.29 is 0 Å². The van der Waals surface area contributed by atoms with E-state index in [1.54, 1.807) is 0 Å². The predicted molar refractivity (Wildman–Crippen MR) is 189 cm³/mol. The first-order chi connectivity index (χ1) is 22.8. The summed E-state index contributed by atoms with van der Waals surface area (Å²) < 4.78 is 0. The van der Waals surface area contributed by atoms with E-state index in [-0.39, 0.29) is 0 Å². The smallest absolute Gasteiger partial charge is 0.160 e. The summed E-state index contributed by atoms with van der Waals surface area (Å²) in [6.07, 6.45) is 1.95. The minimum absolute atomic E-state index is 0.680. The zero-order chi connectivity index (χ0) is 30.5. The van der Waals surface area contributed by atoms with Crippen molar-refractivity contribution in [1.29, 1.82) is 0 Å². The highest BCUT2D eigenvalue weighted by Crippen LogP contribution is 2.40. The Balaban J connectivity index is 1.31. The summed E-state index contributed by atoms with van der Waals surface area (Å²) in [5.41, 5.74) is 7.33. The highest BCUT2D eigenvalue weighted by molar-refractivity contribution is 6.23. The number of hydrogen-bond donors (Lipinski definition) is 0. The molecule has 46 heavy (non-hydrogen) atoms. The molecule has 3 aromatic heterocycles. The highest BCUT2D eigenvalue weighted by Gasteiger charge is 2.19. The van der Waals surface area contributed by atoms with Gasteiger partial charge in [0.05, 0.1) is 28.3 Å². The van der Waals surface area contributed by atoms with Gasteiger partial charge in [-0.2, -0.15) is 0 Å². The Kier molecular flexibility index (Phi) is 6.10. The van der Waals surface area contributed by atoms with Crippen LogP contribution in [0.3, 0.4) is 0 Å². The van der Waals surface area contributed by atoms with Crippen LogP contribution in [0.15, 0.2) is 158 Å². The molecule has 214 valence electrons. The number of hydrogen-bond acceptors (Lipinski definition) is 4. The Morgan fingerprint density at radius 2 is 1.02 bits per heavy atom. The van der Waals surface area contributed by atoms with Crippen LogP contribution < -0.4 is 0 Å². The predicted octanol–water partition coefficient (Wildman–Crippen LogP) is 10.5. The molecule has 9 aromatic rings. The largest absolute Gasteiger partial charge is 0.253 e. The molecule has 0 N–H and O–H groups in total. The summed E-state index contributed by atoms with van der Waals surface area (Å²) in [4.78, 5) is 20.5. The summed E-state index contributed by atoms with van der Waals surface area (Å²) >= 11 is 0. The van der Waals surface area contributed by atoms with Gasteiger partial charge in [0, 0.05) is 44.4 Å². The number of fused-ring (bicyclic) bond motifs is 6. The Labute approximate surface area is 265 Å². The summed E-state index contributed by atoms with van der Waals surface area (Å²) in [6, 6.07) is 52.3. The third-order valence-corrected chi connectivity index (χ3v) is 8.71. The molecule has 0 aliphatic rings. The standard InChI is InChI=1S/C42H26N4/c1-3-14-28(15-4-1)37-25-38(46-42(45-37)29-16-5-2-6-17-29)35-26-43-40(32-20-10-9-19-31(32)35)41-34-24-23-27-13-7-8-18-30(27)39(34)33-21-11-12-22-36(33)44-41/h1-26H. The summed E-state index contributed by atoms with van der Waals surface area (Å²) in [5, 5.41) is 7.93. The van der Waals surface area contributed by atoms with Crippen LogP contribution in [0.5, 0.6) is 0 Å². The number of aromatic nitrogens is 4. The Hall–Kier alpha value is -6.26. The second kappa shape index (κ2) is 10.7. The van der Waals surface area contributed by atoms with E-state index in [1.165, 1.54) is 16.2 Å². The van der Waals surface area contributed by atoms with Gasteiger partial charge < -0.3 is 0 Å². The van der Waals surface area contributed by atoms with E-state index in [0.29, 0.717) is 5.82 Å². The van der Waals surface area contributed by atoms with Crippen LogP contribution in [0.4, 0.5) is 0 Å². The Bertz CT molecular complexity index is 2500. The minimum atomic E-state index is 0.680. The first-order valence-electron chi connectivity index (χ1n) is 15.4. The van der Waals surface area contributed by atoms with Gasteiger partial charge in [0.1, 0.15) is 0 Å². The van der Waals surface area contributed by atoms with Crippen LogP contribution in [0.2, 0.25) is 0 Å². The Morgan fingerprint density at radius 1 is 0.391 bits per heavy atom. The van der Waals surface area contributed by atoms with Crippen LogP contribution in [0.1, 0.15) is 0 Å². The normalized spacial score (nSPS) is 11.5. The second-order valence-electron chi connectivity index (χ2n) is 11.4. The molecule has 6 aromatic carbocycles. The van der Waals surface area contributed by atoms with Gasteiger partial charge in [-0.05, 0) is 28.3 Å². The van der Waals surface area contributed by atoms with Crippen molar-refractivity contribution >= 4 is 43.2 Å². The van der Waals surface area contributed by atoms with E-state index in [0.717, 1.165) is 66.5 Å². The lowest BCUT2D eigenvalue weighted by molar-refractivity contribution is 1.18. The van der Waals surface area contributed by atoms with E-state index >= 15 is 0 Å². The number of pyridine rings is 2. The van der Waals surface area contributed by atoms with Gasteiger partial charge in [-0.25, -0.2) is 15.0 Å². The van der Waals surface area contributed by atoms with Crippen LogP contribution in [0, 0.1) is 0 Å². The van der Waals surface area contributed by atoms with Gasteiger partial charge in [0.2, 0.25) is 0 Å². The van der Waals surface area contributed by atoms with Gasteiger partial charge in [0.25, 0.3) is 0 Å². The second-order valence-corrected chi connectivity index (χ2v) is 11.4. The Morgan fingerprint density at radius 3 is 1.83 bits per heavy atom. The van der Waals surface area contributed by atoms with E-state index in [9.17, 15) is 0 Å². The molecule has 0 bridgehead atoms. The van der Waals surface area contributed by atoms with Gasteiger partial charge in [-0.1, -0.05) is 140 Å². The minimum Gasteiger partial charge on any atom is -0.253 e. The average molecular weight is 587 g/mol. The van der Waals surface area contributed by atoms with E-state index in [4.69, 9.17) is 19.9 Å². The summed E-state index contributed by atoms with van der Waals surface area (Å²) in [7, 11) is 0. The van der Waals surface area contributed by atoms with Crippen LogP contribution >= 0.6 is 0 Å². The SMILES string of the molecule is c1ccc(-c2cc(-c3cnc(-c4nc5ccccc5c5c4ccc4ccccc45)c4ccccc34)nc(-c3ccccc3)n2)cc1. The van der Waals surface area contributed by atoms with E-state index in [2.05, 4.69) is 103 Å². The molecule has 0 aliphatic carbocycles. The highest BCUT2D eigenvalue weighted by atomic mass is 14.9. The molecule has 0 saturated carbocycles. The lowest BCUT2D eigenvalue weighted by atomic mass is 9.94. The fourth-order valence-electron chi connectivity index (χ4n) is 6.55. The number of para-hydroxylation sites is 1. The van der Waals surface area contributed by atoms with Gasteiger partial charge in [-0.3, -0.25) is 4.98 Å². The summed E-state index contributed by atoms with van der Waals surface area (Å²) in [6.45, 7) is 0. The maximum absolute atomic E-state index is 5.25. The van der Waals surface area contributed by atoms with Crippen molar-refractivity contribution in [3.05, 3.63) is 158 Å². The molecule has 0 amide bonds. The van der Waals surface area contributed by atoms with Crippen molar-refractivity contribution in [1.82, 2.24) is 19.9 Å². The topological polar surface area (TPSA) is 51.6 Å².